The van der Waals surface area contributed by atoms with Crippen LogP contribution in [0.25, 0.3) is 11.0 Å². The van der Waals surface area contributed by atoms with Crippen LogP contribution in [0.15, 0.2) is 95.8 Å². The number of amides is 2. The van der Waals surface area contributed by atoms with Gasteiger partial charge in [-0.2, -0.15) is 0 Å². The molecule has 5 aromatic rings. The lowest BCUT2D eigenvalue weighted by atomic mass is 9.68. The van der Waals surface area contributed by atoms with E-state index >= 15 is 8.78 Å². The number of phenolic OH excluding ortho intramolecular Hbond substituents is 1. The summed E-state index contributed by atoms with van der Waals surface area (Å²) in [5.41, 5.74) is 5.79. The molecule has 0 bridgehead atoms. The van der Waals surface area contributed by atoms with Gasteiger partial charge in [0.2, 0.25) is 11.8 Å². The molecule has 1 aromatic heterocycles. The Morgan fingerprint density at radius 1 is 0.754 bits per heavy atom. The van der Waals surface area contributed by atoms with Gasteiger partial charge in [-0.15, -0.1) is 0 Å². The number of piperazine rings is 1. The fraction of sp³-hybridized carbons (Fsp3) is 0.400. The van der Waals surface area contributed by atoms with E-state index in [-0.39, 0.29) is 41.7 Å². The SMILES string of the molecule is Cn1c(=O)n([C@@H]2CCC(=O)NC2=O)c2ccc(N3CCN(CC4CCN(c5ccc([C@@H]6c7ccc(O)cc7C(F)(F)C[C@@H]6c6ccccc6)cc5)CC4)CC3)cc21. The van der Waals surface area contributed by atoms with Crippen molar-refractivity contribution >= 4 is 34.2 Å². The second-order valence-electron chi connectivity index (χ2n) is 16.3. The minimum atomic E-state index is -3.05. The van der Waals surface area contributed by atoms with E-state index in [1.54, 1.807) is 17.7 Å². The van der Waals surface area contributed by atoms with Crippen LogP contribution in [0, 0.1) is 5.92 Å². The van der Waals surface area contributed by atoms with E-state index in [1.165, 1.54) is 16.7 Å². The standard InChI is InChI=1S/C45H48F2N6O4/c1-49-40-25-33(11-14-38(40)53(44(49)57)39-15-16-41(55)48-43(39)56)52-23-21-50(22-24-52)28-29-17-19-51(20-18-29)32-9-7-31(8-10-32)42-35-13-12-34(54)26-37(35)45(46,47)27-36(42)30-5-3-2-4-6-30/h2-14,25-26,29,36,39,42,54H,15-24,27-28H2,1H3,(H,48,55,56)/t36-,39-,42-/m1/s1. The van der Waals surface area contributed by atoms with Gasteiger partial charge in [-0.25, -0.2) is 13.6 Å². The first kappa shape index (κ1) is 37.1. The molecule has 1 aliphatic carbocycles. The van der Waals surface area contributed by atoms with Gasteiger partial charge < -0.3 is 14.9 Å². The summed E-state index contributed by atoms with van der Waals surface area (Å²) in [6.07, 6.45) is 2.41. The number of carbonyl (C=O) groups is 2. The van der Waals surface area contributed by atoms with Gasteiger partial charge >= 0.3 is 5.69 Å². The van der Waals surface area contributed by atoms with Crippen molar-refractivity contribution < 1.29 is 23.5 Å². The number of hydrogen-bond donors (Lipinski definition) is 2. The highest BCUT2D eigenvalue weighted by molar-refractivity contribution is 6.00. The molecule has 57 heavy (non-hydrogen) atoms. The number of hydrogen-bond acceptors (Lipinski definition) is 7. The van der Waals surface area contributed by atoms with Gasteiger partial charge in [-0.05, 0) is 84.3 Å². The molecule has 4 aromatic carbocycles. The number of aromatic hydroxyl groups is 1. The van der Waals surface area contributed by atoms with Crippen LogP contribution < -0.4 is 20.8 Å². The van der Waals surface area contributed by atoms with Crippen molar-refractivity contribution in [2.45, 2.75) is 55.9 Å². The number of fused-ring (bicyclic) bond motifs is 2. The highest BCUT2D eigenvalue weighted by Gasteiger charge is 2.47. The topological polar surface area (TPSA) is 103 Å². The van der Waals surface area contributed by atoms with Crippen LogP contribution in [-0.2, 0) is 22.6 Å². The van der Waals surface area contributed by atoms with Crippen LogP contribution in [0.1, 0.15) is 72.2 Å². The molecular formula is C45H48F2N6O4. The van der Waals surface area contributed by atoms with Gasteiger partial charge in [0.1, 0.15) is 11.8 Å². The predicted octanol–water partition coefficient (Wildman–Crippen LogP) is 6.47. The molecule has 0 radical (unpaired) electrons. The summed E-state index contributed by atoms with van der Waals surface area (Å²) in [6, 6.07) is 27.8. The molecule has 296 valence electrons. The maximum atomic E-state index is 15.6. The Hall–Kier alpha value is -5.49. The quantitative estimate of drug-likeness (QED) is 0.183. The molecule has 3 fully saturated rings. The number of halogens is 2. The Labute approximate surface area is 330 Å². The predicted molar refractivity (Wildman–Crippen MR) is 216 cm³/mol. The minimum absolute atomic E-state index is 0.0823. The average Bonchev–Trinajstić information content (AvgIpc) is 3.47. The largest absolute Gasteiger partial charge is 0.508 e. The lowest BCUT2D eigenvalue weighted by molar-refractivity contribution is -0.135. The van der Waals surface area contributed by atoms with Crippen molar-refractivity contribution in [3.63, 3.8) is 0 Å². The summed E-state index contributed by atoms with van der Waals surface area (Å²) in [5.74, 6) is -3.97. The Kier molecular flexibility index (Phi) is 9.63. The van der Waals surface area contributed by atoms with Crippen LogP contribution in [0.3, 0.4) is 0 Å². The van der Waals surface area contributed by atoms with Crippen LogP contribution in [0.4, 0.5) is 20.2 Å². The maximum absolute atomic E-state index is 15.6. The summed E-state index contributed by atoms with van der Waals surface area (Å²) in [7, 11) is 1.73. The summed E-state index contributed by atoms with van der Waals surface area (Å²) in [5, 5.41) is 12.5. The summed E-state index contributed by atoms with van der Waals surface area (Å²) in [6.45, 7) is 6.66. The monoisotopic (exact) mass is 774 g/mol. The number of nitrogens with zero attached hydrogens (tertiary/aromatic N) is 5. The van der Waals surface area contributed by atoms with Crippen molar-refractivity contribution in [2.75, 3.05) is 55.6 Å². The summed E-state index contributed by atoms with van der Waals surface area (Å²) < 4.78 is 34.2. The summed E-state index contributed by atoms with van der Waals surface area (Å²) >= 11 is 0. The summed E-state index contributed by atoms with van der Waals surface area (Å²) in [4.78, 5) is 44.9. The molecule has 12 heteroatoms. The normalized spacial score (nSPS) is 23.1. The molecule has 0 saturated carbocycles. The zero-order valence-corrected chi connectivity index (χ0v) is 32.1. The lowest BCUT2D eigenvalue weighted by Gasteiger charge is -2.40. The molecule has 10 nitrogen and oxygen atoms in total. The van der Waals surface area contributed by atoms with Gasteiger partial charge in [0, 0.05) is 94.5 Å². The zero-order chi connectivity index (χ0) is 39.4. The number of nitrogens with one attached hydrogen (secondary N) is 1. The van der Waals surface area contributed by atoms with Gasteiger partial charge in [-0.3, -0.25) is 28.9 Å². The van der Waals surface area contributed by atoms with E-state index in [9.17, 15) is 19.5 Å². The third kappa shape index (κ3) is 6.98. The second kappa shape index (κ2) is 14.8. The van der Waals surface area contributed by atoms with Crippen LogP contribution in [0.5, 0.6) is 5.75 Å². The van der Waals surface area contributed by atoms with E-state index in [0.717, 1.165) is 86.7 Å². The lowest BCUT2D eigenvalue weighted by Crippen LogP contribution is -2.49. The van der Waals surface area contributed by atoms with E-state index in [2.05, 4.69) is 44.3 Å². The maximum Gasteiger partial charge on any atom is 0.329 e. The number of benzene rings is 4. The van der Waals surface area contributed by atoms with Crippen molar-refractivity contribution in [1.29, 1.82) is 0 Å². The van der Waals surface area contributed by atoms with Gasteiger partial charge in [0.25, 0.3) is 5.92 Å². The van der Waals surface area contributed by atoms with Crippen molar-refractivity contribution in [1.82, 2.24) is 19.4 Å². The molecular weight excluding hydrogens is 727 g/mol. The third-order valence-corrected chi connectivity index (χ3v) is 13.0. The zero-order valence-electron chi connectivity index (χ0n) is 32.1. The Bertz CT molecular complexity index is 2360. The Morgan fingerprint density at radius 2 is 1.46 bits per heavy atom. The number of aromatic nitrogens is 2. The van der Waals surface area contributed by atoms with Crippen LogP contribution in [0.2, 0.25) is 0 Å². The van der Waals surface area contributed by atoms with Crippen LogP contribution in [-0.4, -0.2) is 76.8 Å². The molecule has 2 N–H and O–H groups in total. The number of phenols is 1. The second-order valence-corrected chi connectivity index (χ2v) is 16.3. The highest BCUT2D eigenvalue weighted by atomic mass is 19.3. The van der Waals surface area contributed by atoms with Crippen molar-refractivity contribution in [3.8, 4) is 5.75 Å². The van der Waals surface area contributed by atoms with Gasteiger partial charge in [0.05, 0.1) is 11.0 Å². The first-order valence-corrected chi connectivity index (χ1v) is 20.2. The number of rotatable bonds is 7. The Balaban J connectivity index is 0.816. The van der Waals surface area contributed by atoms with Crippen molar-refractivity contribution in [3.05, 3.63) is 124 Å². The number of alkyl halides is 2. The third-order valence-electron chi connectivity index (χ3n) is 13.0. The Morgan fingerprint density at radius 3 is 2.18 bits per heavy atom. The molecule has 4 heterocycles. The van der Waals surface area contributed by atoms with E-state index in [1.807, 2.05) is 48.5 Å². The molecule has 0 spiro atoms. The van der Waals surface area contributed by atoms with Crippen LogP contribution >= 0.6 is 0 Å². The smallest absolute Gasteiger partial charge is 0.329 e. The first-order chi connectivity index (χ1) is 27.5. The molecule has 4 aliphatic rings. The minimum Gasteiger partial charge on any atom is -0.508 e. The fourth-order valence-corrected chi connectivity index (χ4v) is 9.87. The number of piperidine rings is 2. The molecule has 3 saturated heterocycles. The number of imide groups is 1. The average molecular weight is 775 g/mol. The molecule has 2 amide bonds. The molecule has 0 unspecified atom stereocenters. The number of imidazole rings is 1. The number of carbonyl (C=O) groups excluding carboxylic acids is 2. The molecule has 3 aliphatic heterocycles. The van der Waals surface area contributed by atoms with Gasteiger partial charge in [0.15, 0.2) is 0 Å². The van der Waals surface area contributed by atoms with E-state index < -0.39 is 23.8 Å². The molecule has 3 atom stereocenters. The van der Waals surface area contributed by atoms with Crippen molar-refractivity contribution in [2.24, 2.45) is 13.0 Å². The van der Waals surface area contributed by atoms with E-state index in [0.29, 0.717) is 23.4 Å². The number of anilines is 2. The first-order valence-electron chi connectivity index (χ1n) is 20.2. The fourth-order valence-electron chi connectivity index (χ4n) is 9.87. The van der Waals surface area contributed by atoms with Gasteiger partial charge in [-0.1, -0.05) is 48.5 Å². The van der Waals surface area contributed by atoms with E-state index in [4.69, 9.17) is 0 Å². The highest BCUT2D eigenvalue weighted by Crippen LogP contribution is 2.55. The molecule has 9 rings (SSSR count). The number of aryl methyl sites for hydroxylation is 1.